The molecule has 0 fully saturated rings. The van der Waals surface area contributed by atoms with E-state index in [2.05, 4.69) is 9.96 Å². The van der Waals surface area contributed by atoms with Crippen LogP contribution < -0.4 is 4.74 Å². The van der Waals surface area contributed by atoms with Gasteiger partial charge in [-0.3, -0.25) is 0 Å². The predicted molar refractivity (Wildman–Crippen MR) is 50.9 cm³/mol. The summed E-state index contributed by atoms with van der Waals surface area (Å²) in [6.07, 6.45) is 0. The van der Waals surface area contributed by atoms with Gasteiger partial charge in [-0.05, 0) is 28.5 Å². The summed E-state index contributed by atoms with van der Waals surface area (Å²) in [5.41, 5.74) is 0.739. The molecule has 0 atom stereocenters. The molecular weight excluding hydrogens is 186 g/mol. The summed E-state index contributed by atoms with van der Waals surface area (Å²) >= 11 is 1.32. The van der Waals surface area contributed by atoms with Crippen LogP contribution >= 0.6 is 11.3 Å². The number of methoxy groups -OCH3 is 1. The van der Waals surface area contributed by atoms with Gasteiger partial charge in [0.15, 0.2) is 5.75 Å². The van der Waals surface area contributed by atoms with Gasteiger partial charge in [0.2, 0.25) is 5.52 Å². The van der Waals surface area contributed by atoms with Crippen molar-refractivity contribution in [1.29, 1.82) is 5.39 Å². The minimum atomic E-state index is 0.347. The largest absolute Gasteiger partial charge is 0.524 e. The molecule has 0 spiro atoms. The second kappa shape index (κ2) is 2.99. The molecule has 0 N–H and O–H groups in total. The number of rotatable bonds is 1. The molecule has 1 heterocycles. The van der Waals surface area contributed by atoms with Gasteiger partial charge in [0, 0.05) is 4.98 Å². The van der Waals surface area contributed by atoms with E-state index in [0.717, 1.165) is 10.2 Å². The van der Waals surface area contributed by atoms with Gasteiger partial charge >= 0.3 is 5.13 Å². The van der Waals surface area contributed by atoms with Crippen molar-refractivity contribution in [2.45, 2.75) is 0 Å². The molecule has 2 aromatic rings. The zero-order chi connectivity index (χ0) is 9.26. The van der Waals surface area contributed by atoms with Crippen LogP contribution in [0.1, 0.15) is 0 Å². The first-order valence-corrected chi connectivity index (χ1v) is 4.45. The fourth-order valence-electron chi connectivity index (χ4n) is 1.12. The smallest absolute Gasteiger partial charge is 0.492 e. The number of diazo groups is 1. The number of nitrogens with zero attached hydrogens (tertiary/aromatic N) is 3. The summed E-state index contributed by atoms with van der Waals surface area (Å²) < 4.78 is 6.06. The number of hydrogen-bond acceptors (Lipinski definition) is 4. The number of para-hydroxylation sites is 1. The van der Waals surface area contributed by atoms with Crippen LogP contribution in [0.15, 0.2) is 18.2 Å². The normalized spacial score (nSPS) is 9.85. The van der Waals surface area contributed by atoms with Gasteiger partial charge in [-0.2, -0.15) is 0 Å². The van der Waals surface area contributed by atoms with E-state index in [-0.39, 0.29) is 0 Å². The summed E-state index contributed by atoms with van der Waals surface area (Å²) in [7, 11) is 1.59. The third-order valence-electron chi connectivity index (χ3n) is 1.68. The highest BCUT2D eigenvalue weighted by Gasteiger charge is 2.17. The van der Waals surface area contributed by atoms with Crippen molar-refractivity contribution in [3.05, 3.63) is 23.2 Å². The number of hydrogen-bond donors (Lipinski definition) is 0. The van der Waals surface area contributed by atoms with Gasteiger partial charge < -0.3 is 4.74 Å². The maximum atomic E-state index is 8.53. The highest BCUT2D eigenvalue weighted by Crippen LogP contribution is 2.33. The van der Waals surface area contributed by atoms with E-state index in [0.29, 0.717) is 10.9 Å². The molecule has 5 heteroatoms. The van der Waals surface area contributed by atoms with Crippen molar-refractivity contribution in [3.63, 3.8) is 0 Å². The Bertz CT molecular complexity index is 486. The van der Waals surface area contributed by atoms with Crippen LogP contribution in [0.4, 0.5) is 5.13 Å². The number of aromatic nitrogens is 1. The molecule has 4 nitrogen and oxygen atoms in total. The quantitative estimate of drug-likeness (QED) is 0.653. The molecule has 2 rings (SSSR count). The zero-order valence-corrected chi connectivity index (χ0v) is 7.71. The van der Waals surface area contributed by atoms with E-state index >= 15 is 0 Å². The van der Waals surface area contributed by atoms with E-state index in [1.54, 1.807) is 7.11 Å². The van der Waals surface area contributed by atoms with Gasteiger partial charge in [0.25, 0.3) is 0 Å². The highest BCUT2D eigenvalue weighted by molar-refractivity contribution is 7.22. The van der Waals surface area contributed by atoms with Crippen LogP contribution in [-0.4, -0.2) is 12.1 Å². The Kier molecular flexibility index (Phi) is 1.83. The Labute approximate surface area is 78.4 Å². The second-order valence-electron chi connectivity index (χ2n) is 2.40. The van der Waals surface area contributed by atoms with Gasteiger partial charge in [-0.25, -0.2) is 0 Å². The first-order chi connectivity index (χ1) is 6.35. The summed E-state index contributed by atoms with van der Waals surface area (Å²) in [5.74, 6) is 0.698. The molecule has 0 saturated carbocycles. The molecule has 1 aromatic heterocycles. The lowest BCUT2D eigenvalue weighted by molar-refractivity contribution is 0.419. The van der Waals surface area contributed by atoms with Crippen LogP contribution in [0, 0.1) is 5.39 Å². The topological polar surface area (TPSA) is 50.3 Å². The third-order valence-corrected chi connectivity index (χ3v) is 2.58. The Hall–Kier alpha value is -1.67. The average molecular weight is 192 g/mol. The summed E-state index contributed by atoms with van der Waals surface area (Å²) in [5, 5.41) is 8.88. The fourth-order valence-corrected chi connectivity index (χ4v) is 1.88. The Morgan fingerprint density at radius 2 is 2.38 bits per heavy atom. The Balaban J connectivity index is 2.76. The van der Waals surface area contributed by atoms with Gasteiger partial charge in [-0.1, -0.05) is 6.07 Å². The summed E-state index contributed by atoms with van der Waals surface area (Å²) in [6.45, 7) is 0. The van der Waals surface area contributed by atoms with Crippen molar-refractivity contribution < 1.29 is 4.74 Å². The SMILES string of the molecule is COc1cccc2sc([N+]#N)nc12. The molecule has 0 amide bonds. The van der Waals surface area contributed by atoms with Crippen LogP contribution in [0.2, 0.25) is 0 Å². The molecule has 0 aliphatic rings. The van der Waals surface area contributed by atoms with Crippen LogP contribution in [-0.2, 0) is 0 Å². The van der Waals surface area contributed by atoms with E-state index in [4.69, 9.17) is 10.1 Å². The standard InChI is InChI=1S/C8H6N3OS/c1-12-5-3-2-4-6-7(5)10-8(11-9)13-6/h2-4H,1H3/q+1. The average Bonchev–Trinajstić information content (AvgIpc) is 2.59. The van der Waals surface area contributed by atoms with Crippen LogP contribution in [0.3, 0.4) is 0 Å². The lowest BCUT2D eigenvalue weighted by Crippen LogP contribution is -1.82. The number of benzene rings is 1. The molecule has 64 valence electrons. The zero-order valence-electron chi connectivity index (χ0n) is 6.89. The van der Waals surface area contributed by atoms with Crippen molar-refractivity contribution in [1.82, 2.24) is 4.98 Å². The van der Waals surface area contributed by atoms with Crippen molar-refractivity contribution in [3.8, 4) is 5.75 Å². The van der Waals surface area contributed by atoms with E-state index in [1.165, 1.54) is 11.3 Å². The first kappa shape index (κ1) is 7.95. The fraction of sp³-hybridized carbons (Fsp3) is 0.125. The maximum Gasteiger partial charge on any atom is 0.524 e. The summed E-state index contributed by atoms with van der Waals surface area (Å²) in [4.78, 5) is 7.11. The predicted octanol–water partition coefficient (Wildman–Crippen LogP) is 2.79. The molecular formula is C8H6N3OS+. The van der Waals surface area contributed by atoms with Gasteiger partial charge in [0.05, 0.1) is 17.2 Å². The minimum Gasteiger partial charge on any atom is -0.492 e. The number of thiazole rings is 1. The second-order valence-corrected chi connectivity index (χ2v) is 3.41. The van der Waals surface area contributed by atoms with Crippen molar-refractivity contribution >= 4 is 26.7 Å². The number of fused-ring (bicyclic) bond motifs is 1. The Morgan fingerprint density at radius 1 is 1.54 bits per heavy atom. The Morgan fingerprint density at radius 3 is 3.08 bits per heavy atom. The minimum absolute atomic E-state index is 0.347. The van der Waals surface area contributed by atoms with Gasteiger partial charge in [0.1, 0.15) is 0 Å². The molecule has 0 saturated heterocycles. The van der Waals surface area contributed by atoms with Gasteiger partial charge in [-0.15, -0.1) is 0 Å². The van der Waals surface area contributed by atoms with E-state index in [9.17, 15) is 0 Å². The van der Waals surface area contributed by atoms with Crippen molar-refractivity contribution in [2.75, 3.05) is 7.11 Å². The maximum absolute atomic E-state index is 8.53. The van der Waals surface area contributed by atoms with Crippen LogP contribution in [0.5, 0.6) is 5.75 Å². The first-order valence-electron chi connectivity index (χ1n) is 3.64. The molecule has 0 unspecified atom stereocenters. The van der Waals surface area contributed by atoms with E-state index < -0.39 is 0 Å². The molecule has 0 radical (unpaired) electrons. The molecule has 0 aliphatic heterocycles. The van der Waals surface area contributed by atoms with E-state index in [1.807, 2.05) is 18.2 Å². The monoisotopic (exact) mass is 192 g/mol. The number of ether oxygens (including phenoxy) is 1. The molecule has 0 bridgehead atoms. The highest BCUT2D eigenvalue weighted by atomic mass is 32.1. The molecule has 1 aromatic carbocycles. The third kappa shape index (κ3) is 1.21. The van der Waals surface area contributed by atoms with Crippen molar-refractivity contribution in [2.24, 2.45) is 0 Å². The lowest BCUT2D eigenvalue weighted by atomic mass is 10.3. The van der Waals surface area contributed by atoms with Crippen LogP contribution in [0.25, 0.3) is 15.2 Å². The molecule has 13 heavy (non-hydrogen) atoms. The lowest BCUT2D eigenvalue weighted by Gasteiger charge is -1.94. The summed E-state index contributed by atoms with van der Waals surface area (Å²) in [6, 6.07) is 5.61. The molecule has 0 aliphatic carbocycles.